The number of aromatic nitrogens is 2. The van der Waals surface area contributed by atoms with Gasteiger partial charge in [-0.1, -0.05) is 18.2 Å². The molecule has 2 aromatic carbocycles. The average molecular weight is 320 g/mol. The number of benzene rings is 2. The largest absolute Gasteiger partial charge is 0.378 e. The van der Waals surface area contributed by atoms with Crippen LogP contribution in [0.2, 0.25) is 0 Å². The predicted molar refractivity (Wildman–Crippen MR) is 97.5 cm³/mol. The van der Waals surface area contributed by atoms with Gasteiger partial charge in [0.1, 0.15) is 0 Å². The normalized spacial score (nSPS) is 10.5. The summed E-state index contributed by atoms with van der Waals surface area (Å²) in [6, 6.07) is 15.2. The monoisotopic (exact) mass is 320 g/mol. The Balaban J connectivity index is 1.75. The average Bonchev–Trinajstić information content (AvgIpc) is 3.01. The SMILES string of the molecule is Cc1[nH]cnc1-c1ccc(NC(=O)c2cccc(N(C)C)c2)cc1. The lowest BCUT2D eigenvalue weighted by Gasteiger charge is -2.13. The lowest BCUT2D eigenvalue weighted by molar-refractivity contribution is 0.102. The molecule has 24 heavy (non-hydrogen) atoms. The van der Waals surface area contributed by atoms with Gasteiger partial charge in [0.15, 0.2) is 0 Å². The number of carbonyl (C=O) groups excluding carboxylic acids is 1. The fraction of sp³-hybridized carbons (Fsp3) is 0.158. The van der Waals surface area contributed by atoms with E-state index in [2.05, 4.69) is 15.3 Å². The summed E-state index contributed by atoms with van der Waals surface area (Å²) < 4.78 is 0. The number of nitrogens with one attached hydrogen (secondary N) is 2. The van der Waals surface area contributed by atoms with E-state index in [1.165, 1.54) is 0 Å². The van der Waals surface area contributed by atoms with Gasteiger partial charge in [-0.05, 0) is 37.3 Å². The van der Waals surface area contributed by atoms with Gasteiger partial charge in [-0.3, -0.25) is 4.79 Å². The van der Waals surface area contributed by atoms with Crippen molar-refractivity contribution in [3.63, 3.8) is 0 Å². The van der Waals surface area contributed by atoms with Gasteiger partial charge in [0.2, 0.25) is 0 Å². The first-order valence-electron chi connectivity index (χ1n) is 7.74. The van der Waals surface area contributed by atoms with Gasteiger partial charge in [-0.25, -0.2) is 4.98 Å². The van der Waals surface area contributed by atoms with Crippen LogP contribution in [0.5, 0.6) is 0 Å². The van der Waals surface area contributed by atoms with Crippen LogP contribution in [0.25, 0.3) is 11.3 Å². The number of hydrogen-bond acceptors (Lipinski definition) is 3. The highest BCUT2D eigenvalue weighted by molar-refractivity contribution is 6.04. The van der Waals surface area contributed by atoms with E-state index in [4.69, 9.17) is 0 Å². The van der Waals surface area contributed by atoms with Gasteiger partial charge in [0, 0.05) is 42.3 Å². The summed E-state index contributed by atoms with van der Waals surface area (Å²) in [6.07, 6.45) is 1.68. The summed E-state index contributed by atoms with van der Waals surface area (Å²) in [5, 5.41) is 2.93. The first-order valence-corrected chi connectivity index (χ1v) is 7.74. The predicted octanol–water partition coefficient (Wildman–Crippen LogP) is 3.70. The van der Waals surface area contributed by atoms with Gasteiger partial charge in [0.05, 0.1) is 12.0 Å². The van der Waals surface area contributed by atoms with E-state index in [9.17, 15) is 4.79 Å². The van der Waals surface area contributed by atoms with Crippen LogP contribution in [0.4, 0.5) is 11.4 Å². The molecule has 0 aliphatic heterocycles. The Morgan fingerprint density at radius 2 is 1.88 bits per heavy atom. The maximum Gasteiger partial charge on any atom is 0.255 e. The summed E-state index contributed by atoms with van der Waals surface area (Å²) in [5.41, 5.74) is 5.34. The molecule has 5 nitrogen and oxygen atoms in total. The van der Waals surface area contributed by atoms with E-state index in [-0.39, 0.29) is 5.91 Å². The summed E-state index contributed by atoms with van der Waals surface area (Å²) in [7, 11) is 3.90. The highest BCUT2D eigenvalue weighted by Crippen LogP contribution is 2.22. The number of amides is 1. The molecule has 2 N–H and O–H groups in total. The minimum Gasteiger partial charge on any atom is -0.378 e. The van der Waals surface area contributed by atoms with E-state index < -0.39 is 0 Å². The molecule has 5 heteroatoms. The molecule has 0 bridgehead atoms. The number of imidazole rings is 1. The number of rotatable bonds is 4. The van der Waals surface area contributed by atoms with Crippen molar-refractivity contribution in [3.05, 3.63) is 66.1 Å². The van der Waals surface area contributed by atoms with E-state index in [0.29, 0.717) is 5.56 Å². The van der Waals surface area contributed by atoms with Crippen LogP contribution in [0.1, 0.15) is 16.1 Å². The number of carbonyl (C=O) groups is 1. The number of anilines is 2. The molecule has 3 aromatic rings. The molecule has 0 aliphatic rings. The third kappa shape index (κ3) is 3.30. The lowest BCUT2D eigenvalue weighted by atomic mass is 10.1. The molecule has 0 radical (unpaired) electrons. The minimum absolute atomic E-state index is 0.123. The fourth-order valence-corrected chi connectivity index (χ4v) is 2.49. The molecule has 0 spiro atoms. The van der Waals surface area contributed by atoms with E-state index >= 15 is 0 Å². The summed E-state index contributed by atoms with van der Waals surface area (Å²) in [4.78, 5) is 21.7. The van der Waals surface area contributed by atoms with Gasteiger partial charge in [-0.2, -0.15) is 0 Å². The summed E-state index contributed by atoms with van der Waals surface area (Å²) in [5.74, 6) is -0.123. The second-order valence-electron chi connectivity index (χ2n) is 5.85. The molecule has 1 heterocycles. The van der Waals surface area contributed by atoms with Gasteiger partial charge in [0.25, 0.3) is 5.91 Å². The van der Waals surface area contributed by atoms with Crippen LogP contribution in [-0.4, -0.2) is 30.0 Å². The molecule has 122 valence electrons. The third-order valence-electron chi connectivity index (χ3n) is 3.87. The first-order chi connectivity index (χ1) is 11.5. The molecule has 0 unspecified atom stereocenters. The van der Waals surface area contributed by atoms with E-state index in [1.807, 2.05) is 74.4 Å². The van der Waals surface area contributed by atoms with Gasteiger partial charge >= 0.3 is 0 Å². The molecule has 0 atom stereocenters. The van der Waals surface area contributed by atoms with Crippen LogP contribution >= 0.6 is 0 Å². The van der Waals surface area contributed by atoms with Gasteiger partial charge < -0.3 is 15.2 Å². The smallest absolute Gasteiger partial charge is 0.255 e. The number of aromatic amines is 1. The first kappa shape index (κ1) is 15.8. The molecular weight excluding hydrogens is 300 g/mol. The number of hydrogen-bond donors (Lipinski definition) is 2. The molecule has 1 aromatic heterocycles. The second kappa shape index (κ2) is 6.58. The third-order valence-corrected chi connectivity index (χ3v) is 3.87. The summed E-state index contributed by atoms with van der Waals surface area (Å²) in [6.45, 7) is 1.98. The Morgan fingerprint density at radius 1 is 1.12 bits per heavy atom. The van der Waals surface area contributed by atoms with Crippen molar-refractivity contribution >= 4 is 17.3 Å². The number of nitrogens with zero attached hydrogens (tertiary/aromatic N) is 2. The lowest BCUT2D eigenvalue weighted by Crippen LogP contribution is -2.14. The van der Waals surface area contributed by atoms with E-state index in [0.717, 1.165) is 28.3 Å². The molecule has 0 saturated heterocycles. The van der Waals surface area contributed by atoms with Crippen molar-refractivity contribution in [2.45, 2.75) is 6.92 Å². The Bertz CT molecular complexity index is 850. The summed E-state index contributed by atoms with van der Waals surface area (Å²) >= 11 is 0. The molecule has 0 aliphatic carbocycles. The van der Waals surface area contributed by atoms with E-state index in [1.54, 1.807) is 6.33 Å². The second-order valence-corrected chi connectivity index (χ2v) is 5.85. The van der Waals surface area contributed by atoms with Crippen LogP contribution in [0, 0.1) is 6.92 Å². The minimum atomic E-state index is -0.123. The highest BCUT2D eigenvalue weighted by Gasteiger charge is 2.09. The van der Waals surface area contributed by atoms with Crippen molar-refractivity contribution in [3.8, 4) is 11.3 Å². The van der Waals surface area contributed by atoms with Crippen molar-refractivity contribution in [2.75, 3.05) is 24.3 Å². The maximum atomic E-state index is 12.4. The maximum absolute atomic E-state index is 12.4. The Hall–Kier alpha value is -3.08. The Kier molecular flexibility index (Phi) is 4.33. The van der Waals surface area contributed by atoms with Crippen molar-refractivity contribution in [2.24, 2.45) is 0 Å². The fourth-order valence-electron chi connectivity index (χ4n) is 2.49. The molecule has 3 rings (SSSR count). The highest BCUT2D eigenvalue weighted by atomic mass is 16.1. The number of aryl methyl sites for hydroxylation is 1. The van der Waals surface area contributed by atoms with Crippen LogP contribution in [0.3, 0.4) is 0 Å². The molecule has 1 amide bonds. The van der Waals surface area contributed by atoms with Crippen molar-refractivity contribution in [1.82, 2.24) is 9.97 Å². The molecule has 0 saturated carbocycles. The van der Waals surface area contributed by atoms with Crippen molar-refractivity contribution < 1.29 is 4.79 Å². The van der Waals surface area contributed by atoms with Crippen LogP contribution in [-0.2, 0) is 0 Å². The van der Waals surface area contributed by atoms with Crippen molar-refractivity contribution in [1.29, 1.82) is 0 Å². The number of H-pyrrole nitrogens is 1. The zero-order chi connectivity index (χ0) is 17.1. The molecular formula is C19H20N4O. The van der Waals surface area contributed by atoms with Crippen LogP contribution in [0.15, 0.2) is 54.9 Å². The van der Waals surface area contributed by atoms with Gasteiger partial charge in [-0.15, -0.1) is 0 Å². The standard InChI is InChI=1S/C19H20N4O/c1-13-18(21-12-20-13)14-7-9-16(10-8-14)22-19(24)15-5-4-6-17(11-15)23(2)3/h4-12H,1-3H3,(H,20,21)(H,22,24). The Labute approximate surface area is 141 Å². The molecule has 0 fully saturated rings. The Morgan fingerprint density at radius 3 is 2.50 bits per heavy atom. The van der Waals surface area contributed by atoms with Crippen LogP contribution < -0.4 is 10.2 Å². The topological polar surface area (TPSA) is 61.0 Å². The quantitative estimate of drug-likeness (QED) is 0.770. The zero-order valence-corrected chi connectivity index (χ0v) is 14.0. The zero-order valence-electron chi connectivity index (χ0n) is 14.0.